The Morgan fingerprint density at radius 1 is 1.40 bits per heavy atom. The van der Waals surface area contributed by atoms with Crippen LogP contribution in [0.1, 0.15) is 25.7 Å². The summed E-state index contributed by atoms with van der Waals surface area (Å²) in [5.41, 5.74) is 2.25. The van der Waals surface area contributed by atoms with Crippen molar-refractivity contribution in [2.75, 3.05) is 18.6 Å². The van der Waals surface area contributed by atoms with Gasteiger partial charge in [-0.15, -0.1) is 0 Å². The molecule has 9 heteroatoms. The average Bonchev–Trinajstić information content (AvgIpc) is 2.48. The summed E-state index contributed by atoms with van der Waals surface area (Å²) in [7, 11) is -3.63. The summed E-state index contributed by atoms with van der Waals surface area (Å²) >= 11 is 0. The molecule has 0 bridgehead atoms. The standard InChI is InChI=1S/C11H19N5O3S/c12-15-11-13-7-10(8-14-11)20(18,19)16-5-2-1-3-9(16)4-6-17/h7-9,17H,1-6,12H2,(H,13,14,15). The number of hydrogen-bond donors (Lipinski definition) is 3. The summed E-state index contributed by atoms with van der Waals surface area (Å²) in [6.45, 7) is 0.438. The second-order valence-electron chi connectivity index (χ2n) is 4.66. The largest absolute Gasteiger partial charge is 0.396 e. The zero-order valence-corrected chi connectivity index (χ0v) is 11.9. The first-order chi connectivity index (χ1) is 9.59. The van der Waals surface area contributed by atoms with Crippen LogP contribution >= 0.6 is 0 Å². The molecule has 0 saturated carbocycles. The van der Waals surface area contributed by atoms with E-state index in [4.69, 9.17) is 10.9 Å². The van der Waals surface area contributed by atoms with Gasteiger partial charge in [-0.3, -0.25) is 5.43 Å². The van der Waals surface area contributed by atoms with Gasteiger partial charge in [0.05, 0.1) is 12.4 Å². The van der Waals surface area contributed by atoms with Crippen LogP contribution in [0.4, 0.5) is 5.95 Å². The van der Waals surface area contributed by atoms with Crippen LogP contribution in [0.25, 0.3) is 0 Å². The molecule has 1 aromatic heterocycles. The third-order valence-corrected chi connectivity index (χ3v) is 5.30. The van der Waals surface area contributed by atoms with Gasteiger partial charge in [0.15, 0.2) is 0 Å². The molecule has 112 valence electrons. The number of nitrogen functional groups attached to an aromatic ring is 1. The number of nitrogens with zero attached hydrogens (tertiary/aromatic N) is 3. The van der Waals surface area contributed by atoms with Crippen molar-refractivity contribution < 1.29 is 13.5 Å². The van der Waals surface area contributed by atoms with Gasteiger partial charge in [-0.2, -0.15) is 4.31 Å². The number of aromatic nitrogens is 2. The Hall–Kier alpha value is -1.29. The van der Waals surface area contributed by atoms with E-state index in [-0.39, 0.29) is 23.5 Å². The van der Waals surface area contributed by atoms with Crippen molar-refractivity contribution in [3.63, 3.8) is 0 Å². The smallest absolute Gasteiger partial charge is 0.246 e. The molecule has 1 saturated heterocycles. The number of hydrogen-bond acceptors (Lipinski definition) is 7. The molecule has 20 heavy (non-hydrogen) atoms. The fraction of sp³-hybridized carbons (Fsp3) is 0.636. The molecule has 1 fully saturated rings. The van der Waals surface area contributed by atoms with Crippen molar-refractivity contribution in [1.29, 1.82) is 0 Å². The van der Waals surface area contributed by atoms with E-state index in [9.17, 15) is 8.42 Å². The summed E-state index contributed by atoms with van der Waals surface area (Å²) in [5.74, 6) is 5.31. The number of rotatable bonds is 5. The molecule has 2 heterocycles. The van der Waals surface area contributed by atoms with Gasteiger partial charge in [0.2, 0.25) is 16.0 Å². The summed E-state index contributed by atoms with van der Waals surface area (Å²) in [5, 5.41) is 9.07. The number of aliphatic hydroxyl groups is 1. The van der Waals surface area contributed by atoms with Gasteiger partial charge in [0, 0.05) is 19.2 Å². The van der Waals surface area contributed by atoms with Crippen molar-refractivity contribution in [2.24, 2.45) is 5.84 Å². The van der Waals surface area contributed by atoms with E-state index in [0.717, 1.165) is 19.3 Å². The molecule has 0 amide bonds. The Kier molecular flexibility index (Phi) is 4.86. The number of aliphatic hydroxyl groups excluding tert-OH is 1. The van der Waals surface area contributed by atoms with E-state index in [1.54, 1.807) is 0 Å². The minimum atomic E-state index is -3.63. The molecule has 1 unspecified atom stereocenters. The SMILES string of the molecule is NNc1ncc(S(=O)(=O)N2CCCCC2CCO)cn1. The van der Waals surface area contributed by atoms with Gasteiger partial charge in [-0.05, 0) is 19.3 Å². The Morgan fingerprint density at radius 3 is 2.70 bits per heavy atom. The van der Waals surface area contributed by atoms with E-state index in [2.05, 4.69) is 15.4 Å². The molecule has 0 aromatic carbocycles. The molecule has 1 aliphatic heterocycles. The molecule has 4 N–H and O–H groups in total. The van der Waals surface area contributed by atoms with Crippen molar-refractivity contribution in [1.82, 2.24) is 14.3 Å². The number of nitrogens with two attached hydrogens (primary N) is 1. The van der Waals surface area contributed by atoms with Gasteiger partial charge in [-0.25, -0.2) is 24.2 Å². The number of anilines is 1. The van der Waals surface area contributed by atoms with E-state index in [0.29, 0.717) is 13.0 Å². The highest BCUT2D eigenvalue weighted by atomic mass is 32.2. The zero-order chi connectivity index (χ0) is 14.6. The number of sulfonamides is 1. The molecule has 0 aliphatic carbocycles. The summed E-state index contributed by atoms with van der Waals surface area (Å²) in [6.07, 6.45) is 5.49. The maximum atomic E-state index is 12.6. The first kappa shape index (κ1) is 15.1. The molecule has 8 nitrogen and oxygen atoms in total. The van der Waals surface area contributed by atoms with Gasteiger partial charge < -0.3 is 5.11 Å². The van der Waals surface area contributed by atoms with Crippen LogP contribution in [0.3, 0.4) is 0 Å². The van der Waals surface area contributed by atoms with Crippen LogP contribution in [0.5, 0.6) is 0 Å². The quantitative estimate of drug-likeness (QED) is 0.503. The van der Waals surface area contributed by atoms with Crippen molar-refractivity contribution in [3.8, 4) is 0 Å². The van der Waals surface area contributed by atoms with Crippen LogP contribution in [0.2, 0.25) is 0 Å². The van der Waals surface area contributed by atoms with Crippen molar-refractivity contribution >= 4 is 16.0 Å². The predicted octanol–water partition coefficient (Wildman–Crippen LogP) is -0.312. The molecular weight excluding hydrogens is 282 g/mol. The highest BCUT2D eigenvalue weighted by Gasteiger charge is 2.33. The molecule has 2 rings (SSSR count). The Bertz CT molecular complexity index is 531. The van der Waals surface area contributed by atoms with Crippen molar-refractivity contribution in [2.45, 2.75) is 36.6 Å². The summed E-state index contributed by atoms with van der Waals surface area (Å²) < 4.78 is 26.6. The number of piperidine rings is 1. The lowest BCUT2D eigenvalue weighted by molar-refractivity contribution is 0.192. The second-order valence-corrected chi connectivity index (χ2v) is 6.55. The maximum Gasteiger partial charge on any atom is 0.246 e. The second kappa shape index (κ2) is 6.44. The third-order valence-electron chi connectivity index (χ3n) is 3.40. The molecule has 1 aliphatic rings. The summed E-state index contributed by atoms with van der Waals surface area (Å²) in [4.78, 5) is 7.70. The maximum absolute atomic E-state index is 12.6. The van der Waals surface area contributed by atoms with Gasteiger partial charge in [0.25, 0.3) is 0 Å². The zero-order valence-electron chi connectivity index (χ0n) is 11.1. The third kappa shape index (κ3) is 3.06. The molecular formula is C11H19N5O3S. The lowest BCUT2D eigenvalue weighted by atomic mass is 10.0. The monoisotopic (exact) mass is 301 g/mol. The fourth-order valence-electron chi connectivity index (χ4n) is 2.39. The Balaban J connectivity index is 2.26. The Morgan fingerprint density at radius 2 is 2.10 bits per heavy atom. The van der Waals surface area contributed by atoms with Crippen LogP contribution in [0.15, 0.2) is 17.3 Å². The average molecular weight is 301 g/mol. The fourth-order valence-corrected chi connectivity index (χ4v) is 4.00. The molecule has 1 atom stereocenters. The van der Waals surface area contributed by atoms with Gasteiger partial charge >= 0.3 is 0 Å². The Labute approximate surface area is 118 Å². The first-order valence-electron chi connectivity index (χ1n) is 6.51. The number of hydrazine groups is 1. The van der Waals surface area contributed by atoms with E-state index >= 15 is 0 Å². The van der Waals surface area contributed by atoms with E-state index < -0.39 is 10.0 Å². The van der Waals surface area contributed by atoms with Crippen LogP contribution in [-0.4, -0.2) is 47.0 Å². The lowest BCUT2D eigenvalue weighted by Gasteiger charge is -2.34. The topological polar surface area (TPSA) is 121 Å². The van der Waals surface area contributed by atoms with Gasteiger partial charge in [-0.1, -0.05) is 6.42 Å². The van der Waals surface area contributed by atoms with Crippen LogP contribution in [-0.2, 0) is 10.0 Å². The number of nitrogens with one attached hydrogen (secondary N) is 1. The van der Waals surface area contributed by atoms with E-state index in [1.165, 1.54) is 16.7 Å². The molecule has 0 radical (unpaired) electrons. The van der Waals surface area contributed by atoms with Crippen LogP contribution in [0, 0.1) is 0 Å². The van der Waals surface area contributed by atoms with E-state index in [1.807, 2.05) is 0 Å². The predicted molar refractivity (Wildman–Crippen MR) is 73.1 cm³/mol. The highest BCUT2D eigenvalue weighted by molar-refractivity contribution is 7.89. The lowest BCUT2D eigenvalue weighted by Crippen LogP contribution is -2.44. The van der Waals surface area contributed by atoms with Crippen LogP contribution < -0.4 is 11.3 Å². The summed E-state index contributed by atoms with van der Waals surface area (Å²) in [6, 6.07) is -0.161. The minimum Gasteiger partial charge on any atom is -0.396 e. The normalized spacial score (nSPS) is 20.8. The molecule has 1 aromatic rings. The molecule has 0 spiro atoms. The highest BCUT2D eigenvalue weighted by Crippen LogP contribution is 2.26. The van der Waals surface area contributed by atoms with Crippen molar-refractivity contribution in [3.05, 3.63) is 12.4 Å². The first-order valence-corrected chi connectivity index (χ1v) is 7.95. The minimum absolute atomic E-state index is 0.0246. The van der Waals surface area contributed by atoms with Gasteiger partial charge in [0.1, 0.15) is 4.90 Å².